The predicted octanol–water partition coefficient (Wildman–Crippen LogP) is 1.62. The fourth-order valence-corrected chi connectivity index (χ4v) is 1.34. The van der Waals surface area contributed by atoms with Gasteiger partial charge in [-0.2, -0.15) is 5.10 Å². The minimum absolute atomic E-state index is 0.183. The Balaban J connectivity index is 1.94. The molecule has 0 saturated heterocycles. The minimum Gasteiger partial charge on any atom is -0.506 e. The van der Waals surface area contributed by atoms with E-state index in [4.69, 9.17) is 5.11 Å². The molecule has 0 bridgehead atoms. The number of rotatable bonds is 4. The summed E-state index contributed by atoms with van der Waals surface area (Å²) < 4.78 is 1.85. The number of aryl methyl sites for hydroxylation is 1. The van der Waals surface area contributed by atoms with E-state index in [1.807, 2.05) is 17.8 Å². The van der Waals surface area contributed by atoms with Crippen LogP contribution in [0.2, 0.25) is 0 Å². The second-order valence-corrected chi connectivity index (χ2v) is 3.45. The first-order valence-electron chi connectivity index (χ1n) is 5.18. The highest BCUT2D eigenvalue weighted by Gasteiger charge is 1.98. The van der Waals surface area contributed by atoms with Crippen LogP contribution in [0.4, 0.5) is 5.69 Å². The van der Waals surface area contributed by atoms with Crippen LogP contribution in [-0.2, 0) is 13.1 Å². The average Bonchev–Trinajstić information content (AvgIpc) is 2.76. The Hall–Kier alpha value is -2.04. The number of anilines is 1. The highest BCUT2D eigenvalue weighted by molar-refractivity contribution is 5.38. The first-order chi connectivity index (χ1) is 7.78. The van der Waals surface area contributed by atoms with Crippen LogP contribution in [-0.4, -0.2) is 19.9 Å². The lowest BCUT2D eigenvalue weighted by molar-refractivity contribution is 0.472. The van der Waals surface area contributed by atoms with Gasteiger partial charge in [0.15, 0.2) is 0 Å². The van der Waals surface area contributed by atoms with Crippen molar-refractivity contribution in [2.75, 3.05) is 5.32 Å². The lowest BCUT2D eigenvalue weighted by Crippen LogP contribution is -2.00. The molecular weight excluding hydrogens is 204 g/mol. The van der Waals surface area contributed by atoms with E-state index in [2.05, 4.69) is 15.4 Å². The Labute approximate surface area is 93.8 Å². The summed E-state index contributed by atoms with van der Waals surface area (Å²) in [4.78, 5) is 4.08. The Morgan fingerprint density at radius 1 is 1.38 bits per heavy atom. The van der Waals surface area contributed by atoms with Gasteiger partial charge in [-0.05, 0) is 19.1 Å². The summed E-state index contributed by atoms with van der Waals surface area (Å²) in [6.45, 7) is 3.52. The molecule has 0 aromatic carbocycles. The molecular formula is C11H14N4O. The topological polar surface area (TPSA) is 63.0 Å². The molecule has 16 heavy (non-hydrogen) atoms. The van der Waals surface area contributed by atoms with Gasteiger partial charge < -0.3 is 10.4 Å². The van der Waals surface area contributed by atoms with Crippen molar-refractivity contribution in [3.8, 4) is 5.75 Å². The molecule has 0 spiro atoms. The summed E-state index contributed by atoms with van der Waals surface area (Å²) in [6.07, 6.45) is 5.16. The van der Waals surface area contributed by atoms with Gasteiger partial charge in [-0.25, -0.2) is 0 Å². The molecule has 2 aromatic rings. The standard InChI is InChI=1S/C11H14N4O/c1-2-15-8-10(6-14-15)12-5-9-3-4-11(16)7-13-9/h3-4,6-8,12,16H,2,5H2,1H3. The van der Waals surface area contributed by atoms with Gasteiger partial charge in [-0.1, -0.05) is 0 Å². The molecule has 84 valence electrons. The van der Waals surface area contributed by atoms with Gasteiger partial charge in [-0.3, -0.25) is 9.67 Å². The zero-order valence-electron chi connectivity index (χ0n) is 9.09. The van der Waals surface area contributed by atoms with Crippen LogP contribution in [0.1, 0.15) is 12.6 Å². The van der Waals surface area contributed by atoms with E-state index in [0.29, 0.717) is 6.54 Å². The summed E-state index contributed by atoms with van der Waals surface area (Å²) in [7, 11) is 0. The van der Waals surface area contributed by atoms with E-state index in [1.54, 1.807) is 18.3 Å². The van der Waals surface area contributed by atoms with Gasteiger partial charge >= 0.3 is 0 Å². The number of hydrogen-bond acceptors (Lipinski definition) is 4. The van der Waals surface area contributed by atoms with Crippen LogP contribution in [0.25, 0.3) is 0 Å². The molecule has 0 unspecified atom stereocenters. The first kappa shape index (κ1) is 10.5. The molecule has 0 amide bonds. The Morgan fingerprint density at radius 2 is 2.25 bits per heavy atom. The van der Waals surface area contributed by atoms with Crippen LogP contribution in [0.15, 0.2) is 30.7 Å². The maximum absolute atomic E-state index is 9.08. The van der Waals surface area contributed by atoms with Gasteiger partial charge in [0.25, 0.3) is 0 Å². The number of hydrogen-bond donors (Lipinski definition) is 2. The zero-order chi connectivity index (χ0) is 11.4. The van der Waals surface area contributed by atoms with Crippen LogP contribution >= 0.6 is 0 Å². The summed E-state index contributed by atoms with van der Waals surface area (Å²) in [6, 6.07) is 3.41. The van der Waals surface area contributed by atoms with E-state index in [1.165, 1.54) is 6.20 Å². The number of aromatic hydroxyl groups is 1. The van der Waals surface area contributed by atoms with Crippen LogP contribution in [0.5, 0.6) is 5.75 Å². The largest absolute Gasteiger partial charge is 0.506 e. The fourth-order valence-electron chi connectivity index (χ4n) is 1.34. The number of pyridine rings is 1. The van der Waals surface area contributed by atoms with Crippen molar-refractivity contribution in [2.24, 2.45) is 0 Å². The summed E-state index contributed by atoms with van der Waals surface area (Å²) in [5, 5.41) is 16.4. The van der Waals surface area contributed by atoms with Gasteiger partial charge in [0.05, 0.1) is 30.3 Å². The molecule has 2 N–H and O–H groups in total. The highest BCUT2D eigenvalue weighted by Crippen LogP contribution is 2.09. The number of nitrogens with zero attached hydrogens (tertiary/aromatic N) is 3. The second kappa shape index (κ2) is 4.65. The summed E-state index contributed by atoms with van der Waals surface area (Å²) in [5.74, 6) is 0.183. The molecule has 5 heteroatoms. The van der Waals surface area contributed by atoms with Gasteiger partial charge in [0, 0.05) is 12.7 Å². The highest BCUT2D eigenvalue weighted by atomic mass is 16.3. The maximum atomic E-state index is 9.08. The third kappa shape index (κ3) is 2.50. The normalized spacial score (nSPS) is 10.3. The number of nitrogens with one attached hydrogen (secondary N) is 1. The van der Waals surface area contributed by atoms with E-state index in [0.717, 1.165) is 17.9 Å². The Kier molecular flexibility index (Phi) is 3.05. The van der Waals surface area contributed by atoms with Gasteiger partial charge in [0.2, 0.25) is 0 Å². The van der Waals surface area contributed by atoms with Gasteiger partial charge in [-0.15, -0.1) is 0 Å². The van der Waals surface area contributed by atoms with E-state index in [9.17, 15) is 0 Å². The summed E-state index contributed by atoms with van der Waals surface area (Å²) in [5.41, 5.74) is 1.85. The second-order valence-electron chi connectivity index (χ2n) is 3.45. The van der Waals surface area contributed by atoms with Crippen molar-refractivity contribution in [3.05, 3.63) is 36.4 Å². The molecule has 2 aromatic heterocycles. The number of aromatic nitrogens is 3. The molecule has 2 rings (SSSR count). The van der Waals surface area contributed by atoms with E-state index < -0.39 is 0 Å². The van der Waals surface area contributed by atoms with Crippen molar-refractivity contribution in [1.29, 1.82) is 0 Å². The lowest BCUT2D eigenvalue weighted by atomic mass is 10.3. The third-order valence-electron chi connectivity index (χ3n) is 2.24. The van der Waals surface area contributed by atoms with Crippen LogP contribution in [0.3, 0.4) is 0 Å². The third-order valence-corrected chi connectivity index (χ3v) is 2.24. The molecule has 0 saturated carbocycles. The summed E-state index contributed by atoms with van der Waals surface area (Å²) >= 11 is 0. The van der Waals surface area contributed by atoms with Gasteiger partial charge in [0.1, 0.15) is 5.75 Å². The van der Waals surface area contributed by atoms with E-state index >= 15 is 0 Å². The molecule has 5 nitrogen and oxygen atoms in total. The molecule has 0 aliphatic carbocycles. The van der Waals surface area contributed by atoms with Crippen molar-refractivity contribution < 1.29 is 5.11 Å². The lowest BCUT2D eigenvalue weighted by Gasteiger charge is -2.02. The fraction of sp³-hybridized carbons (Fsp3) is 0.273. The smallest absolute Gasteiger partial charge is 0.133 e. The maximum Gasteiger partial charge on any atom is 0.133 e. The first-order valence-corrected chi connectivity index (χ1v) is 5.18. The molecule has 2 heterocycles. The molecule has 0 atom stereocenters. The van der Waals surface area contributed by atoms with Crippen LogP contribution < -0.4 is 5.32 Å². The van der Waals surface area contributed by atoms with Crippen molar-refractivity contribution in [2.45, 2.75) is 20.0 Å². The molecule has 0 aliphatic heterocycles. The Bertz CT molecular complexity index is 449. The van der Waals surface area contributed by atoms with Crippen LogP contribution in [0, 0.1) is 0 Å². The molecule has 0 radical (unpaired) electrons. The van der Waals surface area contributed by atoms with E-state index in [-0.39, 0.29) is 5.75 Å². The van der Waals surface area contributed by atoms with Crippen molar-refractivity contribution >= 4 is 5.69 Å². The Morgan fingerprint density at radius 3 is 2.88 bits per heavy atom. The average molecular weight is 218 g/mol. The quantitative estimate of drug-likeness (QED) is 0.818. The van der Waals surface area contributed by atoms with Crippen molar-refractivity contribution in [1.82, 2.24) is 14.8 Å². The molecule has 0 aliphatic rings. The minimum atomic E-state index is 0.183. The SMILES string of the molecule is CCn1cc(NCc2ccc(O)cn2)cn1. The van der Waals surface area contributed by atoms with Crippen molar-refractivity contribution in [3.63, 3.8) is 0 Å². The molecule has 0 fully saturated rings. The zero-order valence-corrected chi connectivity index (χ0v) is 9.09. The monoisotopic (exact) mass is 218 g/mol. The predicted molar refractivity (Wildman–Crippen MR) is 61.1 cm³/mol.